The molecule has 1 atom stereocenters. The van der Waals surface area contributed by atoms with E-state index in [0.29, 0.717) is 43.9 Å². The van der Waals surface area contributed by atoms with Gasteiger partial charge in [0.15, 0.2) is 0 Å². The van der Waals surface area contributed by atoms with Crippen molar-refractivity contribution < 1.29 is 22.5 Å². The van der Waals surface area contributed by atoms with Crippen LogP contribution < -0.4 is 0 Å². The normalized spacial score (nSPS) is 17.1. The molecule has 0 aliphatic carbocycles. The van der Waals surface area contributed by atoms with E-state index in [-0.39, 0.29) is 10.8 Å². The van der Waals surface area contributed by atoms with Crippen molar-refractivity contribution in [2.24, 2.45) is 0 Å². The van der Waals surface area contributed by atoms with Crippen molar-refractivity contribution in [1.29, 1.82) is 0 Å². The van der Waals surface area contributed by atoms with E-state index in [9.17, 15) is 17.8 Å². The van der Waals surface area contributed by atoms with Crippen molar-refractivity contribution in [3.8, 4) is 0 Å². The lowest BCUT2D eigenvalue weighted by Gasteiger charge is -2.31. The predicted molar refractivity (Wildman–Crippen MR) is 86.2 cm³/mol. The van der Waals surface area contributed by atoms with Crippen molar-refractivity contribution >= 4 is 16.0 Å². The smallest absolute Gasteiger partial charge is 0.294 e. The number of benzene rings is 1. The van der Waals surface area contributed by atoms with Crippen LogP contribution in [-0.4, -0.2) is 50.1 Å². The zero-order chi connectivity index (χ0) is 17.2. The highest BCUT2D eigenvalue weighted by Crippen LogP contribution is 2.32. The number of hydrogen-bond donors (Lipinski definition) is 1. The van der Waals surface area contributed by atoms with Crippen molar-refractivity contribution in [1.82, 2.24) is 4.90 Å². The van der Waals surface area contributed by atoms with Gasteiger partial charge in [-0.3, -0.25) is 9.35 Å². The Morgan fingerprint density at radius 2 is 1.91 bits per heavy atom. The van der Waals surface area contributed by atoms with Gasteiger partial charge in [0, 0.05) is 13.1 Å². The van der Waals surface area contributed by atoms with Gasteiger partial charge in [-0.05, 0) is 43.0 Å². The van der Waals surface area contributed by atoms with E-state index in [1.165, 1.54) is 6.07 Å². The lowest BCUT2D eigenvalue weighted by Crippen LogP contribution is -2.43. The van der Waals surface area contributed by atoms with Gasteiger partial charge in [0.25, 0.3) is 10.1 Å². The van der Waals surface area contributed by atoms with Crippen molar-refractivity contribution in [3.05, 3.63) is 28.8 Å². The van der Waals surface area contributed by atoms with Crippen LogP contribution in [0.1, 0.15) is 36.0 Å². The van der Waals surface area contributed by atoms with Crippen LogP contribution in [0.3, 0.4) is 0 Å². The summed E-state index contributed by atoms with van der Waals surface area (Å²) in [5.41, 5.74) is 1.99. The third-order valence-corrected chi connectivity index (χ3v) is 5.34. The zero-order valence-corrected chi connectivity index (χ0v) is 14.5. The first-order chi connectivity index (χ1) is 10.8. The van der Waals surface area contributed by atoms with Gasteiger partial charge in [-0.1, -0.05) is 13.0 Å². The Balaban J connectivity index is 2.47. The van der Waals surface area contributed by atoms with Gasteiger partial charge in [0.1, 0.15) is 0 Å². The number of carbonyl (C=O) groups is 1. The summed E-state index contributed by atoms with van der Waals surface area (Å²) in [5, 5.41) is 0. The molecule has 0 aromatic heterocycles. The predicted octanol–water partition coefficient (Wildman–Crippen LogP) is 1.90. The van der Waals surface area contributed by atoms with Gasteiger partial charge in [-0.25, -0.2) is 0 Å². The molecule has 1 aromatic rings. The van der Waals surface area contributed by atoms with Crippen LogP contribution in [0, 0.1) is 13.8 Å². The molecule has 1 N–H and O–H groups in total. The Kier molecular flexibility index (Phi) is 5.44. The molecule has 1 fully saturated rings. The van der Waals surface area contributed by atoms with E-state index in [1.54, 1.807) is 17.9 Å². The van der Waals surface area contributed by atoms with E-state index in [4.69, 9.17) is 4.74 Å². The first-order valence-corrected chi connectivity index (χ1v) is 9.15. The van der Waals surface area contributed by atoms with E-state index >= 15 is 0 Å². The molecule has 1 heterocycles. The molecule has 2 rings (SSSR count). The highest BCUT2D eigenvalue weighted by Gasteiger charge is 2.30. The summed E-state index contributed by atoms with van der Waals surface area (Å²) in [6.45, 7) is 7.53. The molecule has 0 unspecified atom stereocenters. The largest absolute Gasteiger partial charge is 0.378 e. The molecule has 128 valence electrons. The zero-order valence-electron chi connectivity index (χ0n) is 13.7. The molecule has 1 aliphatic rings. The molecular formula is C16H23NO5S. The number of amides is 1. The van der Waals surface area contributed by atoms with Crippen LogP contribution in [0.2, 0.25) is 0 Å². The molecule has 1 aliphatic heterocycles. The molecule has 1 aromatic carbocycles. The first kappa shape index (κ1) is 17.9. The van der Waals surface area contributed by atoms with E-state index in [1.807, 2.05) is 13.8 Å². The maximum absolute atomic E-state index is 12.9. The number of ether oxygens (including phenoxy) is 1. The fourth-order valence-electron chi connectivity index (χ4n) is 3.17. The van der Waals surface area contributed by atoms with Crippen LogP contribution in [0.4, 0.5) is 0 Å². The summed E-state index contributed by atoms with van der Waals surface area (Å²) in [6, 6.07) is 3.02. The monoisotopic (exact) mass is 341 g/mol. The Labute approximate surface area is 137 Å². The Morgan fingerprint density at radius 3 is 2.43 bits per heavy atom. The van der Waals surface area contributed by atoms with Crippen molar-refractivity contribution in [2.75, 3.05) is 26.3 Å². The Morgan fingerprint density at radius 1 is 1.30 bits per heavy atom. The van der Waals surface area contributed by atoms with Crippen LogP contribution in [0.5, 0.6) is 0 Å². The van der Waals surface area contributed by atoms with E-state index < -0.39 is 16.0 Å². The minimum absolute atomic E-state index is 0.0190. The summed E-state index contributed by atoms with van der Waals surface area (Å²) in [6.07, 6.45) is 0.562. The average Bonchev–Trinajstić information content (AvgIpc) is 2.50. The van der Waals surface area contributed by atoms with Gasteiger partial charge < -0.3 is 9.64 Å². The molecule has 0 bridgehead atoms. The second-order valence-corrected chi connectivity index (χ2v) is 7.18. The molecular weight excluding hydrogens is 318 g/mol. The second kappa shape index (κ2) is 6.98. The summed E-state index contributed by atoms with van der Waals surface area (Å²) >= 11 is 0. The van der Waals surface area contributed by atoms with Crippen LogP contribution in [0.15, 0.2) is 17.0 Å². The average molecular weight is 341 g/mol. The van der Waals surface area contributed by atoms with Crippen LogP contribution in [-0.2, 0) is 19.6 Å². The summed E-state index contributed by atoms with van der Waals surface area (Å²) < 4.78 is 37.7. The SMILES string of the molecule is CC[C@H](C(=O)N1CCOCC1)c1c(C)ccc(S(=O)(=O)O)c1C. The molecule has 1 amide bonds. The van der Waals surface area contributed by atoms with Crippen molar-refractivity contribution in [3.63, 3.8) is 0 Å². The van der Waals surface area contributed by atoms with Crippen molar-refractivity contribution in [2.45, 2.75) is 38.0 Å². The molecule has 0 radical (unpaired) electrons. The fraction of sp³-hybridized carbons (Fsp3) is 0.562. The third-order valence-electron chi connectivity index (χ3n) is 4.34. The van der Waals surface area contributed by atoms with Gasteiger partial charge in [0.2, 0.25) is 5.91 Å². The maximum atomic E-state index is 12.9. The highest BCUT2D eigenvalue weighted by molar-refractivity contribution is 7.85. The summed E-state index contributed by atoms with van der Waals surface area (Å²) in [7, 11) is -4.31. The van der Waals surface area contributed by atoms with Crippen LogP contribution >= 0.6 is 0 Å². The molecule has 7 heteroatoms. The number of nitrogens with zero attached hydrogens (tertiary/aromatic N) is 1. The van der Waals surface area contributed by atoms with Gasteiger partial charge in [-0.2, -0.15) is 8.42 Å². The molecule has 0 spiro atoms. The first-order valence-electron chi connectivity index (χ1n) is 7.71. The minimum atomic E-state index is -4.31. The third kappa shape index (κ3) is 3.73. The molecule has 6 nitrogen and oxygen atoms in total. The van der Waals surface area contributed by atoms with E-state index in [2.05, 4.69) is 0 Å². The topological polar surface area (TPSA) is 83.9 Å². The van der Waals surface area contributed by atoms with Gasteiger partial charge in [-0.15, -0.1) is 0 Å². The highest BCUT2D eigenvalue weighted by atomic mass is 32.2. The molecule has 1 saturated heterocycles. The summed E-state index contributed by atoms with van der Waals surface area (Å²) in [4.78, 5) is 14.5. The quantitative estimate of drug-likeness (QED) is 0.846. The number of hydrogen-bond acceptors (Lipinski definition) is 4. The lowest BCUT2D eigenvalue weighted by molar-refractivity contribution is -0.137. The minimum Gasteiger partial charge on any atom is -0.378 e. The summed E-state index contributed by atoms with van der Waals surface area (Å²) in [5.74, 6) is -0.440. The number of rotatable bonds is 4. The van der Waals surface area contributed by atoms with Gasteiger partial charge in [0.05, 0.1) is 24.0 Å². The standard InChI is InChI=1S/C16H23NO5S/c1-4-13(16(18)17-7-9-22-10-8-17)15-11(2)5-6-14(12(15)3)23(19,20)21/h5-6,13H,4,7-10H2,1-3H3,(H,19,20,21)/t13-/m0/s1. The Bertz CT molecular complexity index is 693. The Hall–Kier alpha value is -1.44. The number of morpholine rings is 1. The maximum Gasteiger partial charge on any atom is 0.294 e. The fourth-order valence-corrected chi connectivity index (χ4v) is 3.90. The second-order valence-electron chi connectivity index (χ2n) is 5.79. The van der Waals surface area contributed by atoms with Gasteiger partial charge >= 0.3 is 0 Å². The number of aryl methyl sites for hydroxylation is 1. The molecule has 0 saturated carbocycles. The van der Waals surface area contributed by atoms with Crippen LogP contribution in [0.25, 0.3) is 0 Å². The number of carbonyl (C=O) groups excluding carboxylic acids is 1. The molecule has 23 heavy (non-hydrogen) atoms. The lowest BCUT2D eigenvalue weighted by atomic mass is 9.87. The van der Waals surface area contributed by atoms with E-state index in [0.717, 1.165) is 5.56 Å².